The first-order chi connectivity index (χ1) is 7.15. The molecule has 0 aromatic carbocycles. The molecule has 0 saturated carbocycles. The second-order valence-electron chi connectivity index (χ2n) is 2.76. The molecule has 0 rings (SSSR count). The molecule has 0 N–H and O–H groups in total. The van der Waals surface area contributed by atoms with E-state index in [2.05, 4.69) is 11.3 Å². The number of Topliss-reactive ketones (excluding diaryl/α,β-unsaturated/α-hetero) is 1. The number of ether oxygens (including phenoxy) is 1. The highest BCUT2D eigenvalue weighted by molar-refractivity contribution is 6.07. The summed E-state index contributed by atoms with van der Waals surface area (Å²) in [6.07, 6.45) is 6.24. The van der Waals surface area contributed by atoms with E-state index < -0.39 is 5.97 Å². The zero-order valence-corrected chi connectivity index (χ0v) is 9.16. The van der Waals surface area contributed by atoms with E-state index in [1.54, 1.807) is 32.1 Å². The molecule has 0 aliphatic rings. The molecule has 0 aliphatic carbocycles. The maximum Gasteiger partial charge on any atom is 0.313 e. The average molecular weight is 208 g/mol. The Hall–Kier alpha value is -1.64. The van der Waals surface area contributed by atoms with Gasteiger partial charge in [-0.25, -0.2) is 0 Å². The molecule has 3 nitrogen and oxygen atoms in total. The standard InChI is InChI=1S/C12H16O3/c1-4-7-10(8-5-2)11(13)9-12(14)15-6-3/h4-5,7-8H,1,6,9H2,2-3H3/b8-5-,10-7+. The lowest BCUT2D eigenvalue weighted by molar-refractivity contribution is -0.144. The van der Waals surface area contributed by atoms with Crippen LogP contribution in [0.25, 0.3) is 0 Å². The SMILES string of the molecule is C=C/C=C(\C=C/C)C(=O)CC(=O)OCC. The van der Waals surface area contributed by atoms with E-state index in [-0.39, 0.29) is 18.8 Å². The van der Waals surface area contributed by atoms with Gasteiger partial charge in [0.25, 0.3) is 0 Å². The second-order valence-corrected chi connectivity index (χ2v) is 2.76. The molecule has 82 valence electrons. The minimum Gasteiger partial charge on any atom is -0.466 e. The van der Waals surface area contributed by atoms with E-state index in [1.807, 2.05) is 0 Å². The number of carbonyl (C=O) groups is 2. The van der Waals surface area contributed by atoms with E-state index in [4.69, 9.17) is 0 Å². The lowest BCUT2D eigenvalue weighted by Crippen LogP contribution is -2.12. The molecule has 0 aromatic heterocycles. The third kappa shape index (κ3) is 5.62. The molecule has 0 radical (unpaired) electrons. The summed E-state index contributed by atoms with van der Waals surface area (Å²) in [5.74, 6) is -0.756. The Bertz CT molecular complexity index is 298. The van der Waals surface area contributed by atoms with Crippen molar-refractivity contribution in [2.24, 2.45) is 0 Å². The molecule has 0 aliphatic heterocycles. The zero-order chi connectivity index (χ0) is 11.7. The van der Waals surface area contributed by atoms with Crippen molar-refractivity contribution in [3.8, 4) is 0 Å². The van der Waals surface area contributed by atoms with Crippen molar-refractivity contribution >= 4 is 11.8 Å². The van der Waals surface area contributed by atoms with Crippen molar-refractivity contribution in [2.45, 2.75) is 20.3 Å². The predicted molar refractivity (Wildman–Crippen MR) is 59.4 cm³/mol. The number of ketones is 1. The van der Waals surface area contributed by atoms with Crippen molar-refractivity contribution in [2.75, 3.05) is 6.61 Å². The molecule has 0 aromatic rings. The van der Waals surface area contributed by atoms with Gasteiger partial charge in [0.05, 0.1) is 6.61 Å². The molecule has 0 unspecified atom stereocenters. The monoisotopic (exact) mass is 208 g/mol. The van der Waals surface area contributed by atoms with Crippen LogP contribution in [0.15, 0.2) is 36.5 Å². The quantitative estimate of drug-likeness (QED) is 0.291. The van der Waals surface area contributed by atoms with Gasteiger partial charge in [0, 0.05) is 5.57 Å². The van der Waals surface area contributed by atoms with Gasteiger partial charge in [0.1, 0.15) is 6.42 Å². The fraction of sp³-hybridized carbons (Fsp3) is 0.333. The van der Waals surface area contributed by atoms with Crippen molar-refractivity contribution in [3.63, 3.8) is 0 Å². The van der Waals surface area contributed by atoms with Gasteiger partial charge in [0.15, 0.2) is 5.78 Å². The predicted octanol–water partition coefficient (Wildman–Crippen LogP) is 2.20. The summed E-state index contributed by atoms with van der Waals surface area (Å²) in [4.78, 5) is 22.6. The third-order valence-corrected chi connectivity index (χ3v) is 1.58. The molecule has 3 heteroatoms. The van der Waals surface area contributed by atoms with Gasteiger partial charge in [-0.05, 0) is 13.8 Å². The van der Waals surface area contributed by atoms with Crippen LogP contribution >= 0.6 is 0 Å². The first-order valence-corrected chi connectivity index (χ1v) is 4.79. The molecule has 0 heterocycles. The van der Waals surface area contributed by atoms with Crippen LogP contribution in [-0.4, -0.2) is 18.4 Å². The molecule has 0 saturated heterocycles. The summed E-state index contributed by atoms with van der Waals surface area (Å²) in [6.45, 7) is 7.29. The van der Waals surface area contributed by atoms with Crippen LogP contribution < -0.4 is 0 Å². The van der Waals surface area contributed by atoms with E-state index in [9.17, 15) is 9.59 Å². The van der Waals surface area contributed by atoms with E-state index in [0.717, 1.165) is 0 Å². The fourth-order valence-corrected chi connectivity index (χ4v) is 0.993. The van der Waals surface area contributed by atoms with Crippen molar-refractivity contribution < 1.29 is 14.3 Å². The number of hydrogen-bond donors (Lipinski definition) is 0. The molecule has 0 amide bonds. The van der Waals surface area contributed by atoms with Crippen LogP contribution in [0.2, 0.25) is 0 Å². The van der Waals surface area contributed by atoms with Gasteiger partial charge < -0.3 is 4.74 Å². The summed E-state index contributed by atoms with van der Waals surface area (Å²) in [7, 11) is 0. The number of esters is 1. The summed E-state index contributed by atoms with van der Waals surface area (Å²) >= 11 is 0. The molecule has 15 heavy (non-hydrogen) atoms. The van der Waals surface area contributed by atoms with E-state index in [1.165, 1.54) is 6.08 Å². The third-order valence-electron chi connectivity index (χ3n) is 1.58. The maximum absolute atomic E-state index is 11.5. The summed E-state index contributed by atoms with van der Waals surface area (Å²) in [5.41, 5.74) is 0.459. The van der Waals surface area contributed by atoms with Gasteiger partial charge in [0.2, 0.25) is 0 Å². The summed E-state index contributed by atoms with van der Waals surface area (Å²) in [6, 6.07) is 0. The van der Waals surface area contributed by atoms with Gasteiger partial charge in [-0.15, -0.1) is 0 Å². The van der Waals surface area contributed by atoms with E-state index >= 15 is 0 Å². The Morgan fingerprint density at radius 2 is 2.07 bits per heavy atom. The van der Waals surface area contributed by atoms with Crippen LogP contribution in [0.5, 0.6) is 0 Å². The second kappa shape index (κ2) is 7.74. The lowest BCUT2D eigenvalue weighted by atomic mass is 10.1. The Balaban J connectivity index is 4.46. The minimum absolute atomic E-state index is 0.224. The van der Waals surface area contributed by atoms with Crippen LogP contribution in [0.3, 0.4) is 0 Å². The molecule has 0 spiro atoms. The van der Waals surface area contributed by atoms with Gasteiger partial charge >= 0.3 is 5.97 Å². The Morgan fingerprint density at radius 3 is 2.53 bits per heavy atom. The lowest BCUT2D eigenvalue weighted by Gasteiger charge is -2.01. The number of allylic oxidation sites excluding steroid dienone is 5. The van der Waals surface area contributed by atoms with Crippen molar-refractivity contribution in [1.82, 2.24) is 0 Å². The largest absolute Gasteiger partial charge is 0.466 e. The fourth-order valence-electron chi connectivity index (χ4n) is 0.993. The zero-order valence-electron chi connectivity index (χ0n) is 9.16. The first-order valence-electron chi connectivity index (χ1n) is 4.79. The maximum atomic E-state index is 11.5. The Kier molecular flexibility index (Phi) is 6.89. The highest BCUT2D eigenvalue weighted by Gasteiger charge is 2.12. The van der Waals surface area contributed by atoms with E-state index in [0.29, 0.717) is 5.57 Å². The molecule has 0 bridgehead atoms. The highest BCUT2D eigenvalue weighted by atomic mass is 16.5. The Morgan fingerprint density at radius 1 is 1.40 bits per heavy atom. The Labute approximate surface area is 90.1 Å². The topological polar surface area (TPSA) is 43.4 Å². The van der Waals surface area contributed by atoms with Gasteiger partial charge in [-0.2, -0.15) is 0 Å². The normalized spacial score (nSPS) is 11.5. The summed E-state index contributed by atoms with van der Waals surface area (Å²) < 4.78 is 4.68. The number of hydrogen-bond acceptors (Lipinski definition) is 3. The smallest absolute Gasteiger partial charge is 0.313 e. The number of rotatable bonds is 6. The van der Waals surface area contributed by atoms with Crippen molar-refractivity contribution in [1.29, 1.82) is 0 Å². The highest BCUT2D eigenvalue weighted by Crippen LogP contribution is 2.04. The van der Waals surface area contributed by atoms with Crippen LogP contribution in [0.1, 0.15) is 20.3 Å². The molecule has 0 atom stereocenters. The van der Waals surface area contributed by atoms with Crippen LogP contribution in [0, 0.1) is 0 Å². The van der Waals surface area contributed by atoms with Crippen LogP contribution in [0.4, 0.5) is 0 Å². The van der Waals surface area contributed by atoms with Gasteiger partial charge in [-0.3, -0.25) is 9.59 Å². The summed E-state index contributed by atoms with van der Waals surface area (Å²) in [5, 5.41) is 0. The molecular weight excluding hydrogens is 192 g/mol. The first kappa shape index (κ1) is 13.4. The molecular formula is C12H16O3. The molecule has 0 fully saturated rings. The van der Waals surface area contributed by atoms with Crippen LogP contribution in [-0.2, 0) is 14.3 Å². The number of carbonyl (C=O) groups excluding carboxylic acids is 2. The minimum atomic E-state index is -0.498. The van der Waals surface area contributed by atoms with Gasteiger partial charge in [-0.1, -0.05) is 30.9 Å². The van der Waals surface area contributed by atoms with Crippen molar-refractivity contribution in [3.05, 3.63) is 36.5 Å². The average Bonchev–Trinajstić information content (AvgIpc) is 2.17.